The fourth-order valence-electron chi connectivity index (χ4n) is 4.17. The molecule has 0 bridgehead atoms. The first-order valence-electron chi connectivity index (χ1n) is 11.5. The number of benzene rings is 1. The number of piperidine rings is 1. The van der Waals surface area contributed by atoms with Gasteiger partial charge < -0.3 is 16.0 Å². The molecule has 0 saturated carbocycles. The summed E-state index contributed by atoms with van der Waals surface area (Å²) < 4.78 is 26.6. The lowest BCUT2D eigenvalue weighted by atomic mass is 10.0. The van der Waals surface area contributed by atoms with E-state index in [1.54, 1.807) is 30.5 Å². The number of primary amides is 1. The fourth-order valence-corrected chi connectivity index (χ4v) is 4.97. The zero-order chi connectivity index (χ0) is 25.7. The highest BCUT2D eigenvalue weighted by molar-refractivity contribution is 7.89. The van der Waals surface area contributed by atoms with Crippen molar-refractivity contribution in [1.82, 2.24) is 14.7 Å². The molecule has 10 nitrogen and oxygen atoms in total. The molecule has 1 aliphatic heterocycles. The standard InChI is InChI=1S/C25H27N7O3S/c1-28-36(34,35)21-4-2-3-17(12-21)11-20-13-23(22(16-29-20)25(27)33)31-19-7-9-32(10-8-19)24-6-5-18(14-26)15-30-24/h2-6,12-13,15-16,19,28H,7-11H2,1H3,(H2,27,33)(H,29,31). The van der Waals surface area contributed by atoms with Crippen molar-refractivity contribution in [2.24, 2.45) is 5.73 Å². The van der Waals surface area contributed by atoms with Crippen molar-refractivity contribution in [3.05, 3.63) is 77.2 Å². The third-order valence-corrected chi connectivity index (χ3v) is 7.56. The number of sulfonamides is 1. The van der Waals surface area contributed by atoms with E-state index in [0.717, 1.165) is 37.3 Å². The molecule has 0 spiro atoms. The fraction of sp³-hybridized carbons (Fsp3) is 0.280. The van der Waals surface area contributed by atoms with Crippen LogP contribution in [-0.4, -0.2) is 50.5 Å². The minimum Gasteiger partial charge on any atom is -0.381 e. The van der Waals surface area contributed by atoms with Gasteiger partial charge in [0.1, 0.15) is 11.9 Å². The molecule has 1 fully saturated rings. The first-order valence-corrected chi connectivity index (χ1v) is 13.0. The largest absolute Gasteiger partial charge is 0.381 e. The molecule has 36 heavy (non-hydrogen) atoms. The molecule has 3 heterocycles. The normalized spacial score (nSPS) is 14.3. The van der Waals surface area contributed by atoms with E-state index in [9.17, 15) is 13.2 Å². The second-order valence-corrected chi connectivity index (χ2v) is 10.4. The molecule has 1 aromatic carbocycles. The summed E-state index contributed by atoms with van der Waals surface area (Å²) in [7, 11) is -2.18. The van der Waals surface area contributed by atoms with Gasteiger partial charge in [-0.2, -0.15) is 5.26 Å². The van der Waals surface area contributed by atoms with Crippen molar-refractivity contribution in [3.8, 4) is 6.07 Å². The number of rotatable bonds is 8. The Hall–Kier alpha value is -4.01. The van der Waals surface area contributed by atoms with Gasteiger partial charge in [-0.3, -0.25) is 9.78 Å². The van der Waals surface area contributed by atoms with Gasteiger partial charge in [0.05, 0.1) is 21.7 Å². The lowest BCUT2D eigenvalue weighted by Crippen LogP contribution is -2.39. The number of carbonyl (C=O) groups excluding carboxylic acids is 1. The van der Waals surface area contributed by atoms with Gasteiger partial charge in [-0.25, -0.2) is 18.1 Å². The SMILES string of the molecule is CNS(=O)(=O)c1cccc(Cc2cc(NC3CCN(c4ccc(C#N)cn4)CC3)c(C(N)=O)cn2)c1. The molecule has 1 saturated heterocycles. The minimum atomic E-state index is -3.55. The maximum absolute atomic E-state index is 12.1. The summed E-state index contributed by atoms with van der Waals surface area (Å²) in [6.45, 7) is 1.54. The summed E-state index contributed by atoms with van der Waals surface area (Å²) in [5.74, 6) is 0.261. The zero-order valence-corrected chi connectivity index (χ0v) is 20.6. The highest BCUT2D eigenvalue weighted by Gasteiger charge is 2.22. The number of nitrogens with zero attached hydrogens (tertiary/aromatic N) is 4. The molecule has 1 aliphatic rings. The van der Waals surface area contributed by atoms with Gasteiger partial charge >= 0.3 is 0 Å². The zero-order valence-electron chi connectivity index (χ0n) is 19.8. The van der Waals surface area contributed by atoms with Gasteiger partial charge in [0.15, 0.2) is 0 Å². The van der Waals surface area contributed by atoms with Crippen LogP contribution in [0, 0.1) is 11.3 Å². The van der Waals surface area contributed by atoms with E-state index in [0.29, 0.717) is 28.9 Å². The molecule has 0 aliphatic carbocycles. The van der Waals surface area contributed by atoms with Crippen molar-refractivity contribution in [2.75, 3.05) is 30.4 Å². The summed E-state index contributed by atoms with van der Waals surface area (Å²) in [6.07, 6.45) is 5.07. The number of nitriles is 1. The summed E-state index contributed by atoms with van der Waals surface area (Å²) >= 11 is 0. The Balaban J connectivity index is 1.47. The summed E-state index contributed by atoms with van der Waals surface area (Å²) in [5.41, 5.74) is 8.50. The Morgan fingerprint density at radius 2 is 1.94 bits per heavy atom. The van der Waals surface area contributed by atoms with Gasteiger partial charge in [0.25, 0.3) is 5.91 Å². The molecular weight excluding hydrogens is 478 g/mol. The van der Waals surface area contributed by atoms with E-state index in [1.165, 1.54) is 19.3 Å². The van der Waals surface area contributed by atoms with E-state index < -0.39 is 15.9 Å². The summed E-state index contributed by atoms with van der Waals surface area (Å²) in [6, 6.07) is 14.3. The number of aromatic nitrogens is 2. The van der Waals surface area contributed by atoms with E-state index in [-0.39, 0.29) is 10.9 Å². The van der Waals surface area contributed by atoms with Crippen molar-refractivity contribution in [1.29, 1.82) is 5.26 Å². The molecule has 3 aromatic rings. The number of pyridine rings is 2. The van der Waals surface area contributed by atoms with Crippen LogP contribution in [0.4, 0.5) is 11.5 Å². The van der Waals surface area contributed by atoms with Crippen molar-refractivity contribution < 1.29 is 13.2 Å². The van der Waals surface area contributed by atoms with Crippen LogP contribution in [0.25, 0.3) is 0 Å². The van der Waals surface area contributed by atoms with Crippen LogP contribution in [0.15, 0.2) is 59.8 Å². The minimum absolute atomic E-state index is 0.122. The highest BCUT2D eigenvalue weighted by Crippen LogP contribution is 2.24. The molecule has 0 atom stereocenters. The number of amides is 1. The summed E-state index contributed by atoms with van der Waals surface area (Å²) in [5, 5.41) is 12.4. The lowest BCUT2D eigenvalue weighted by molar-refractivity contribution is 0.100. The monoisotopic (exact) mass is 505 g/mol. The van der Waals surface area contributed by atoms with Crippen LogP contribution in [-0.2, 0) is 16.4 Å². The molecule has 0 radical (unpaired) electrons. The number of hydrogen-bond donors (Lipinski definition) is 3. The van der Waals surface area contributed by atoms with E-state index in [4.69, 9.17) is 11.0 Å². The van der Waals surface area contributed by atoms with Gasteiger partial charge in [0, 0.05) is 43.6 Å². The van der Waals surface area contributed by atoms with E-state index in [1.807, 2.05) is 12.1 Å². The third kappa shape index (κ3) is 5.79. The van der Waals surface area contributed by atoms with Gasteiger partial charge in [-0.15, -0.1) is 0 Å². The Labute approximate surface area is 210 Å². The molecule has 2 aromatic heterocycles. The van der Waals surface area contributed by atoms with E-state index >= 15 is 0 Å². The molecule has 186 valence electrons. The number of nitrogens with two attached hydrogens (primary N) is 1. The number of carbonyl (C=O) groups is 1. The van der Waals surface area contributed by atoms with E-state index in [2.05, 4.69) is 31.0 Å². The Bertz CT molecular complexity index is 1390. The van der Waals surface area contributed by atoms with Crippen molar-refractivity contribution >= 4 is 27.4 Å². The van der Waals surface area contributed by atoms with Crippen molar-refractivity contribution in [2.45, 2.75) is 30.2 Å². The van der Waals surface area contributed by atoms with Crippen LogP contribution in [0.2, 0.25) is 0 Å². The summed E-state index contributed by atoms with van der Waals surface area (Å²) in [4.78, 5) is 23.1. The average molecular weight is 506 g/mol. The topological polar surface area (TPSA) is 154 Å². The van der Waals surface area contributed by atoms with Crippen LogP contribution in [0.1, 0.15) is 40.0 Å². The number of hydrogen-bond acceptors (Lipinski definition) is 8. The maximum Gasteiger partial charge on any atom is 0.252 e. The average Bonchev–Trinajstić information content (AvgIpc) is 2.89. The predicted octanol–water partition coefficient (Wildman–Crippen LogP) is 2.03. The highest BCUT2D eigenvalue weighted by atomic mass is 32.2. The number of nitrogens with one attached hydrogen (secondary N) is 2. The molecule has 11 heteroatoms. The van der Waals surface area contributed by atoms with Gasteiger partial charge in [0.2, 0.25) is 10.0 Å². The van der Waals surface area contributed by atoms with Crippen LogP contribution >= 0.6 is 0 Å². The first kappa shape index (κ1) is 25.1. The predicted molar refractivity (Wildman–Crippen MR) is 136 cm³/mol. The quantitative estimate of drug-likeness (QED) is 0.420. The van der Waals surface area contributed by atoms with Gasteiger partial charge in [-0.05, 0) is 55.8 Å². The Morgan fingerprint density at radius 1 is 1.17 bits per heavy atom. The van der Waals surface area contributed by atoms with Crippen LogP contribution in [0.3, 0.4) is 0 Å². The molecule has 4 rings (SSSR count). The molecular formula is C25H27N7O3S. The Morgan fingerprint density at radius 3 is 2.58 bits per heavy atom. The lowest BCUT2D eigenvalue weighted by Gasteiger charge is -2.34. The molecule has 4 N–H and O–H groups in total. The number of anilines is 2. The Kier molecular flexibility index (Phi) is 7.47. The molecule has 0 unspecified atom stereocenters. The smallest absolute Gasteiger partial charge is 0.252 e. The van der Waals surface area contributed by atoms with Crippen LogP contribution < -0.4 is 20.7 Å². The van der Waals surface area contributed by atoms with Gasteiger partial charge in [-0.1, -0.05) is 12.1 Å². The van der Waals surface area contributed by atoms with Crippen molar-refractivity contribution in [3.63, 3.8) is 0 Å². The second kappa shape index (κ2) is 10.7. The van der Waals surface area contributed by atoms with Crippen LogP contribution in [0.5, 0.6) is 0 Å². The third-order valence-electron chi connectivity index (χ3n) is 6.14. The second-order valence-electron chi connectivity index (χ2n) is 8.54. The first-order chi connectivity index (χ1) is 17.3. The molecule has 1 amide bonds. The maximum atomic E-state index is 12.1.